The van der Waals surface area contributed by atoms with Gasteiger partial charge in [0.05, 0.1) is 25.7 Å². The van der Waals surface area contributed by atoms with E-state index in [9.17, 15) is 0 Å². The van der Waals surface area contributed by atoms with Crippen molar-refractivity contribution in [3.63, 3.8) is 0 Å². The maximum absolute atomic E-state index is 6.22. The van der Waals surface area contributed by atoms with Crippen molar-refractivity contribution in [2.45, 2.75) is 51.9 Å². The molecule has 0 fully saturated rings. The van der Waals surface area contributed by atoms with E-state index in [0.29, 0.717) is 26.4 Å². The minimum absolute atomic E-state index is 0.632. The average Bonchev–Trinajstić information content (AvgIpc) is 2.44. The first-order valence-electron chi connectivity index (χ1n) is 8.26. The second-order valence-electron chi connectivity index (χ2n) is 6.26. The molecule has 136 valence electrons. The van der Waals surface area contributed by atoms with Crippen LogP contribution in [0.15, 0.2) is 25.7 Å². The smallest absolute Gasteiger partial charge is 0.487 e. The van der Waals surface area contributed by atoms with Crippen molar-refractivity contribution in [1.29, 1.82) is 0 Å². The van der Waals surface area contributed by atoms with Crippen molar-refractivity contribution in [3.8, 4) is 0 Å². The van der Waals surface area contributed by atoms with Gasteiger partial charge < -0.3 is 22.4 Å². The summed E-state index contributed by atoms with van der Waals surface area (Å²) >= 11 is 0. The molecule has 0 aliphatic carbocycles. The number of rotatable bonds is 16. The zero-order chi connectivity index (χ0) is 17.6. The molecule has 0 heterocycles. The maximum Gasteiger partial charge on any atom is 0.487 e. The summed E-state index contributed by atoms with van der Waals surface area (Å²) in [5.74, 6) is 0. The lowest BCUT2D eigenvalue weighted by Crippen LogP contribution is -2.50. The number of hydrogen-bond donors (Lipinski definition) is 0. The molecular formula is C16H34O5Si2. The van der Waals surface area contributed by atoms with Crippen LogP contribution in [-0.4, -0.2) is 43.5 Å². The van der Waals surface area contributed by atoms with E-state index in [-0.39, 0.29) is 0 Å². The molecule has 23 heavy (non-hydrogen) atoms. The molecule has 0 saturated heterocycles. The predicted molar refractivity (Wildman–Crippen MR) is 98.7 cm³/mol. The van der Waals surface area contributed by atoms with Crippen LogP contribution in [0.2, 0.25) is 26.2 Å². The highest BCUT2D eigenvalue weighted by Crippen LogP contribution is 2.18. The summed E-state index contributed by atoms with van der Waals surface area (Å²) in [6, 6.07) is 0. The molecule has 5 nitrogen and oxygen atoms in total. The van der Waals surface area contributed by atoms with E-state index in [1.165, 1.54) is 12.5 Å². The quantitative estimate of drug-likeness (QED) is 0.232. The lowest BCUT2D eigenvalue weighted by atomic mass is 10.3. The normalized spacial score (nSPS) is 12.0. The Labute approximate surface area is 144 Å². The third kappa shape index (κ3) is 14.7. The van der Waals surface area contributed by atoms with E-state index in [0.717, 1.165) is 25.7 Å². The molecule has 0 aromatic heterocycles. The Morgan fingerprint density at radius 2 is 1.09 bits per heavy atom. The van der Waals surface area contributed by atoms with Gasteiger partial charge in [0.2, 0.25) is 0 Å². The highest BCUT2D eigenvalue weighted by molar-refractivity contribution is 6.79. The number of hydrogen-bond acceptors (Lipinski definition) is 5. The standard InChI is InChI=1S/C16H34O5Si2/c1-7-17-13-9-11-15-19-23(6,21-22(3,4)5)20-16-12-10-14-18-8-2/h7-8H,1-2,9-16H2,3-6H3. The van der Waals surface area contributed by atoms with E-state index in [2.05, 4.69) is 32.8 Å². The van der Waals surface area contributed by atoms with Gasteiger partial charge in [-0.25, -0.2) is 0 Å². The van der Waals surface area contributed by atoms with Crippen molar-refractivity contribution >= 4 is 17.1 Å². The lowest BCUT2D eigenvalue weighted by Gasteiger charge is -2.32. The molecule has 0 aliphatic heterocycles. The summed E-state index contributed by atoms with van der Waals surface area (Å²) in [7, 11) is -4.30. The largest absolute Gasteiger partial charge is 0.502 e. The minimum Gasteiger partial charge on any atom is -0.502 e. The van der Waals surface area contributed by atoms with Gasteiger partial charge in [-0.15, -0.1) is 0 Å². The van der Waals surface area contributed by atoms with Gasteiger partial charge in [-0.3, -0.25) is 0 Å². The Kier molecular flexibility index (Phi) is 12.4. The summed E-state index contributed by atoms with van der Waals surface area (Å²) < 4.78 is 28.5. The van der Waals surface area contributed by atoms with Crippen molar-refractivity contribution in [2.24, 2.45) is 0 Å². The average molecular weight is 363 g/mol. The first-order chi connectivity index (χ1) is 10.8. The molecular weight excluding hydrogens is 328 g/mol. The number of unbranched alkanes of at least 4 members (excludes halogenated alkanes) is 2. The summed E-state index contributed by atoms with van der Waals surface area (Å²) in [6.45, 7) is 18.1. The molecule has 0 aromatic carbocycles. The van der Waals surface area contributed by atoms with Gasteiger partial charge in [0.1, 0.15) is 0 Å². The molecule has 0 rings (SSSR count). The fraction of sp³-hybridized carbons (Fsp3) is 0.750. The zero-order valence-corrected chi connectivity index (χ0v) is 17.3. The summed E-state index contributed by atoms with van der Waals surface area (Å²) in [5, 5.41) is 0. The first kappa shape index (κ1) is 22.4. The number of ether oxygens (including phenoxy) is 2. The summed E-state index contributed by atoms with van der Waals surface area (Å²) in [6.07, 6.45) is 6.63. The minimum atomic E-state index is -2.58. The fourth-order valence-corrected chi connectivity index (χ4v) is 7.95. The third-order valence-corrected chi connectivity index (χ3v) is 8.16. The molecule has 0 aromatic rings. The molecule has 0 aliphatic rings. The van der Waals surface area contributed by atoms with Crippen molar-refractivity contribution in [3.05, 3.63) is 25.7 Å². The van der Waals surface area contributed by atoms with Crippen LogP contribution in [-0.2, 0) is 22.4 Å². The van der Waals surface area contributed by atoms with Gasteiger partial charge in [-0.1, -0.05) is 13.2 Å². The Bertz CT molecular complexity index is 298. The van der Waals surface area contributed by atoms with Crippen LogP contribution in [0.5, 0.6) is 0 Å². The van der Waals surface area contributed by atoms with Gasteiger partial charge in [-0.2, -0.15) is 0 Å². The highest BCUT2D eigenvalue weighted by Gasteiger charge is 2.39. The molecule has 0 saturated carbocycles. The van der Waals surface area contributed by atoms with Crippen LogP contribution < -0.4 is 0 Å². The second-order valence-corrected chi connectivity index (χ2v) is 13.6. The SMILES string of the molecule is C=COCCCCO[Si](C)(OCCCCOC=C)O[Si](C)(C)C. The third-order valence-electron chi connectivity index (χ3n) is 2.77. The lowest BCUT2D eigenvalue weighted by molar-refractivity contribution is 0.101. The van der Waals surface area contributed by atoms with E-state index in [1.807, 2.05) is 6.55 Å². The highest BCUT2D eigenvalue weighted by atomic mass is 28.5. The Balaban J connectivity index is 4.13. The van der Waals surface area contributed by atoms with Gasteiger partial charge in [0.25, 0.3) is 0 Å². The summed E-state index contributed by atoms with van der Waals surface area (Å²) in [4.78, 5) is 0. The van der Waals surface area contributed by atoms with Crippen LogP contribution in [0.4, 0.5) is 0 Å². The monoisotopic (exact) mass is 362 g/mol. The Hall–Kier alpha value is -0.606. The van der Waals surface area contributed by atoms with E-state index >= 15 is 0 Å². The molecule has 0 bridgehead atoms. The molecule has 0 atom stereocenters. The van der Waals surface area contributed by atoms with Crippen molar-refractivity contribution in [2.75, 3.05) is 26.4 Å². The molecule has 0 unspecified atom stereocenters. The molecule has 0 radical (unpaired) electrons. The van der Waals surface area contributed by atoms with Gasteiger partial charge in [0.15, 0.2) is 8.32 Å². The Morgan fingerprint density at radius 1 is 0.696 bits per heavy atom. The summed E-state index contributed by atoms with van der Waals surface area (Å²) in [5.41, 5.74) is 0. The van der Waals surface area contributed by atoms with Crippen LogP contribution in [0.1, 0.15) is 25.7 Å². The molecule has 7 heteroatoms. The van der Waals surface area contributed by atoms with Crippen LogP contribution in [0.3, 0.4) is 0 Å². The molecule has 0 amide bonds. The first-order valence-corrected chi connectivity index (χ1v) is 13.9. The van der Waals surface area contributed by atoms with Crippen LogP contribution in [0.25, 0.3) is 0 Å². The maximum atomic E-state index is 6.22. The van der Waals surface area contributed by atoms with E-state index in [4.69, 9.17) is 22.4 Å². The van der Waals surface area contributed by atoms with Gasteiger partial charge in [0, 0.05) is 19.8 Å². The Morgan fingerprint density at radius 3 is 1.43 bits per heavy atom. The fourth-order valence-electron chi connectivity index (χ4n) is 1.91. The van der Waals surface area contributed by atoms with Gasteiger partial charge in [-0.05, 0) is 45.3 Å². The van der Waals surface area contributed by atoms with E-state index < -0.39 is 17.1 Å². The van der Waals surface area contributed by atoms with Gasteiger partial charge >= 0.3 is 8.80 Å². The van der Waals surface area contributed by atoms with Crippen LogP contribution in [0, 0.1) is 0 Å². The van der Waals surface area contributed by atoms with Crippen molar-refractivity contribution in [1.82, 2.24) is 0 Å². The second kappa shape index (κ2) is 12.8. The molecule has 0 N–H and O–H groups in total. The zero-order valence-electron chi connectivity index (χ0n) is 15.3. The topological polar surface area (TPSA) is 46.2 Å². The predicted octanol–water partition coefficient (Wildman–Crippen LogP) is 4.32. The molecule has 0 spiro atoms. The van der Waals surface area contributed by atoms with E-state index in [1.54, 1.807) is 0 Å². The van der Waals surface area contributed by atoms with Crippen molar-refractivity contribution < 1.29 is 22.4 Å². The van der Waals surface area contributed by atoms with Crippen LogP contribution >= 0.6 is 0 Å².